The molecule has 0 bridgehead atoms. The number of nitrogens with zero attached hydrogens (tertiary/aromatic N) is 3. The number of barbiturate groups is 1. The van der Waals surface area contributed by atoms with E-state index in [2.05, 4.69) is 15.5 Å². The van der Waals surface area contributed by atoms with Crippen LogP contribution in [0.3, 0.4) is 0 Å². The highest BCUT2D eigenvalue weighted by Crippen LogP contribution is 2.46. The molecule has 1 spiro atoms. The van der Waals surface area contributed by atoms with E-state index in [9.17, 15) is 24.5 Å². The molecule has 0 radical (unpaired) electrons. The van der Waals surface area contributed by atoms with Crippen molar-refractivity contribution in [3.8, 4) is 0 Å². The van der Waals surface area contributed by atoms with Crippen molar-refractivity contribution in [2.75, 3.05) is 29.4 Å². The van der Waals surface area contributed by atoms with E-state index in [4.69, 9.17) is 0 Å². The number of carbonyl (C=O) groups excluding carboxylic acids is 3. The normalized spacial score (nSPS) is 21.3. The smallest absolute Gasteiger partial charge is 0.328 e. The highest BCUT2D eigenvalue weighted by atomic mass is 16.6. The van der Waals surface area contributed by atoms with E-state index in [1.165, 1.54) is 12.1 Å². The Bertz CT molecular complexity index is 1210. The maximum atomic E-state index is 13.3. The Kier molecular flexibility index (Phi) is 4.62. The van der Waals surface area contributed by atoms with Gasteiger partial charge in [0.25, 0.3) is 5.69 Å². The predicted molar refractivity (Wildman–Crippen MR) is 120 cm³/mol. The van der Waals surface area contributed by atoms with Crippen LogP contribution in [0.25, 0.3) is 0 Å². The number of amides is 4. The molecule has 0 aromatic heterocycles. The van der Waals surface area contributed by atoms with Gasteiger partial charge in [0.15, 0.2) is 5.41 Å². The van der Waals surface area contributed by atoms with Crippen LogP contribution >= 0.6 is 0 Å². The highest BCUT2D eigenvalue weighted by molar-refractivity contribution is 6.20. The van der Waals surface area contributed by atoms with Crippen LogP contribution in [-0.2, 0) is 16.0 Å². The van der Waals surface area contributed by atoms with Crippen LogP contribution in [0.15, 0.2) is 36.4 Å². The number of hydrogen-bond acceptors (Lipinski definition) is 7. The number of anilines is 2. The van der Waals surface area contributed by atoms with Crippen molar-refractivity contribution in [2.24, 2.45) is 5.41 Å². The van der Waals surface area contributed by atoms with Gasteiger partial charge in [0, 0.05) is 49.6 Å². The fraction of sp³-hybridized carbons (Fsp3) is 0.348. The molecular weight excluding hydrogens is 426 g/mol. The first kappa shape index (κ1) is 20.9. The van der Waals surface area contributed by atoms with E-state index in [1.807, 2.05) is 36.9 Å². The van der Waals surface area contributed by atoms with E-state index >= 15 is 0 Å². The van der Waals surface area contributed by atoms with Crippen molar-refractivity contribution in [1.82, 2.24) is 10.6 Å². The van der Waals surface area contributed by atoms with Gasteiger partial charge in [0.1, 0.15) is 0 Å². The summed E-state index contributed by atoms with van der Waals surface area (Å²) in [5, 5.41) is 15.9. The lowest BCUT2D eigenvalue weighted by molar-refractivity contribution is -0.384. The molecule has 3 heterocycles. The first-order chi connectivity index (χ1) is 15.7. The molecule has 170 valence electrons. The maximum absolute atomic E-state index is 13.3. The molecule has 10 nitrogen and oxygen atoms in total. The molecule has 2 aromatic rings. The average Bonchev–Trinajstić information content (AvgIpc) is 2.78. The van der Waals surface area contributed by atoms with Crippen LogP contribution in [0.5, 0.6) is 0 Å². The molecule has 0 unspecified atom stereocenters. The third-order valence-corrected chi connectivity index (χ3v) is 7.18. The molecule has 2 N–H and O–H groups in total. The number of hydrogen-bond donors (Lipinski definition) is 2. The summed E-state index contributed by atoms with van der Waals surface area (Å²) in [5.74, 6) is -1.35. The molecule has 0 saturated carbocycles. The average molecular weight is 449 g/mol. The van der Waals surface area contributed by atoms with Crippen LogP contribution in [-0.4, -0.2) is 48.4 Å². The van der Waals surface area contributed by atoms with E-state index in [1.54, 1.807) is 6.07 Å². The van der Waals surface area contributed by atoms with E-state index in [0.29, 0.717) is 25.2 Å². The second kappa shape index (κ2) is 7.29. The fourth-order valence-corrected chi connectivity index (χ4v) is 5.34. The van der Waals surface area contributed by atoms with Crippen molar-refractivity contribution in [3.05, 3.63) is 63.2 Å². The van der Waals surface area contributed by atoms with Crippen molar-refractivity contribution >= 4 is 34.9 Å². The Hall–Kier alpha value is -3.95. The first-order valence-corrected chi connectivity index (χ1v) is 10.7. The van der Waals surface area contributed by atoms with Gasteiger partial charge >= 0.3 is 6.03 Å². The number of non-ortho nitro benzene ring substituents is 1. The zero-order chi connectivity index (χ0) is 23.5. The zero-order valence-electron chi connectivity index (χ0n) is 18.3. The number of rotatable bonds is 2. The largest absolute Gasteiger partial charge is 0.367 e. The fourth-order valence-electron chi connectivity index (χ4n) is 5.34. The molecule has 3 aliphatic rings. The summed E-state index contributed by atoms with van der Waals surface area (Å²) < 4.78 is 0. The van der Waals surface area contributed by atoms with Gasteiger partial charge in [-0.25, -0.2) is 4.79 Å². The second-order valence-corrected chi connectivity index (χ2v) is 8.83. The van der Waals surface area contributed by atoms with Crippen molar-refractivity contribution in [3.63, 3.8) is 0 Å². The molecule has 1 atom stereocenters. The summed E-state index contributed by atoms with van der Waals surface area (Å²) in [6, 6.07) is 9.17. The predicted octanol–water partition coefficient (Wildman–Crippen LogP) is 1.82. The zero-order valence-corrected chi connectivity index (χ0v) is 18.3. The number of benzene rings is 2. The SMILES string of the molecule is Cc1cccc(N2CCN3c4ccc([N+](=O)[O-])cc4CC4(C(=O)NC(=O)NC4=O)[C@@H]3C2)c1C. The van der Waals surface area contributed by atoms with Crippen molar-refractivity contribution in [1.29, 1.82) is 0 Å². The van der Waals surface area contributed by atoms with Gasteiger partial charge in [-0.3, -0.25) is 30.3 Å². The van der Waals surface area contributed by atoms with Gasteiger partial charge in [0.05, 0.1) is 11.0 Å². The number of carbonyl (C=O) groups is 3. The quantitative estimate of drug-likeness (QED) is 0.407. The molecule has 10 heteroatoms. The van der Waals surface area contributed by atoms with Gasteiger partial charge in [-0.1, -0.05) is 12.1 Å². The van der Waals surface area contributed by atoms with Gasteiger partial charge in [-0.05, 0) is 42.7 Å². The molecular formula is C23H23N5O5. The molecule has 0 aliphatic carbocycles. The van der Waals surface area contributed by atoms with Gasteiger partial charge < -0.3 is 9.80 Å². The number of aryl methyl sites for hydroxylation is 1. The lowest BCUT2D eigenvalue weighted by Crippen LogP contribution is -2.74. The third-order valence-electron chi connectivity index (χ3n) is 7.18. The molecule has 33 heavy (non-hydrogen) atoms. The van der Waals surface area contributed by atoms with E-state index in [-0.39, 0.29) is 12.1 Å². The van der Waals surface area contributed by atoms with Crippen molar-refractivity contribution < 1.29 is 19.3 Å². The van der Waals surface area contributed by atoms with Gasteiger partial charge in [-0.2, -0.15) is 0 Å². The van der Waals surface area contributed by atoms with Crippen LogP contribution in [0, 0.1) is 29.4 Å². The number of fused-ring (bicyclic) bond motifs is 4. The summed E-state index contributed by atoms with van der Waals surface area (Å²) in [4.78, 5) is 53.4. The lowest BCUT2D eigenvalue weighted by Gasteiger charge is -2.54. The Morgan fingerprint density at radius 1 is 1.03 bits per heavy atom. The lowest BCUT2D eigenvalue weighted by atomic mass is 9.68. The summed E-state index contributed by atoms with van der Waals surface area (Å²) in [7, 11) is 0. The van der Waals surface area contributed by atoms with Crippen LogP contribution in [0.2, 0.25) is 0 Å². The standard InChI is InChI=1S/C23H23N5O5/c1-13-4-3-5-17(14(13)2)26-8-9-27-18-7-6-16(28(32)33)10-15(18)11-23(19(27)12-26)20(29)24-22(31)25-21(23)30/h3-7,10,19H,8-9,11-12H2,1-2H3,(H2,24,25,29,30,31)/t19-/m0/s1. The monoisotopic (exact) mass is 449 g/mol. The molecule has 5 rings (SSSR count). The summed E-state index contributed by atoms with van der Waals surface area (Å²) >= 11 is 0. The first-order valence-electron chi connectivity index (χ1n) is 10.7. The summed E-state index contributed by atoms with van der Waals surface area (Å²) in [5.41, 5.74) is 2.92. The Morgan fingerprint density at radius 2 is 1.76 bits per heavy atom. The minimum Gasteiger partial charge on any atom is -0.367 e. The minimum atomic E-state index is -1.59. The summed E-state index contributed by atoms with van der Waals surface area (Å²) in [6.45, 7) is 5.62. The molecule has 2 aromatic carbocycles. The molecule has 2 fully saturated rings. The number of nitro benzene ring substituents is 1. The third kappa shape index (κ3) is 3.05. The van der Waals surface area contributed by atoms with Gasteiger partial charge in [0.2, 0.25) is 11.8 Å². The molecule has 4 amide bonds. The number of urea groups is 1. The summed E-state index contributed by atoms with van der Waals surface area (Å²) in [6.07, 6.45) is -0.0310. The van der Waals surface area contributed by atoms with Gasteiger partial charge in [-0.15, -0.1) is 0 Å². The van der Waals surface area contributed by atoms with Crippen molar-refractivity contribution in [2.45, 2.75) is 26.3 Å². The highest BCUT2D eigenvalue weighted by Gasteiger charge is 2.61. The number of nitrogens with one attached hydrogen (secondary N) is 2. The van der Waals surface area contributed by atoms with Crippen LogP contribution in [0.4, 0.5) is 21.9 Å². The molecule has 3 aliphatic heterocycles. The topological polar surface area (TPSA) is 125 Å². The minimum absolute atomic E-state index is 0.0310. The second-order valence-electron chi connectivity index (χ2n) is 8.83. The van der Waals surface area contributed by atoms with Crippen LogP contribution in [0.1, 0.15) is 16.7 Å². The molecule has 2 saturated heterocycles. The Balaban J connectivity index is 1.63. The number of nitro groups is 1. The van der Waals surface area contributed by atoms with Crippen LogP contribution < -0.4 is 20.4 Å². The van der Waals surface area contributed by atoms with E-state index < -0.39 is 34.2 Å². The Morgan fingerprint density at radius 3 is 2.45 bits per heavy atom. The van der Waals surface area contributed by atoms with E-state index in [0.717, 1.165) is 22.5 Å². The number of piperazine rings is 1. The Labute approximate surface area is 189 Å². The number of imide groups is 2. The maximum Gasteiger partial charge on any atom is 0.328 e.